The molecule has 174 valence electrons. The van der Waals surface area contributed by atoms with Gasteiger partial charge in [-0.25, -0.2) is 9.36 Å². The second-order valence-corrected chi connectivity index (χ2v) is 8.00. The van der Waals surface area contributed by atoms with Gasteiger partial charge < -0.3 is 24.3 Å². The maximum atomic E-state index is 12.9. The van der Waals surface area contributed by atoms with Gasteiger partial charge in [0, 0.05) is 12.1 Å². The summed E-state index contributed by atoms with van der Waals surface area (Å²) in [4.78, 5) is 33.7. The molecule has 2 aromatic heterocycles. The Morgan fingerprint density at radius 2 is 2.03 bits per heavy atom. The van der Waals surface area contributed by atoms with Crippen LogP contribution in [0.15, 0.2) is 70.1 Å². The molecule has 1 amide bonds. The molecule has 1 aliphatic heterocycles. The van der Waals surface area contributed by atoms with E-state index < -0.39 is 5.69 Å². The van der Waals surface area contributed by atoms with Gasteiger partial charge in [-0.05, 0) is 49.6 Å². The van der Waals surface area contributed by atoms with Crippen LogP contribution >= 0.6 is 0 Å². The monoisotopic (exact) mass is 461 g/mol. The van der Waals surface area contributed by atoms with Crippen molar-refractivity contribution in [3.63, 3.8) is 0 Å². The van der Waals surface area contributed by atoms with E-state index in [4.69, 9.17) is 9.26 Å². The molecule has 1 saturated heterocycles. The zero-order valence-corrected chi connectivity index (χ0v) is 18.3. The van der Waals surface area contributed by atoms with E-state index in [1.165, 1.54) is 6.20 Å². The minimum absolute atomic E-state index is 0.0673. The molecule has 0 radical (unpaired) electrons. The van der Waals surface area contributed by atoms with Crippen LogP contribution in [0.3, 0.4) is 0 Å². The zero-order chi connectivity index (χ0) is 23.5. The molecule has 34 heavy (non-hydrogen) atoms. The van der Waals surface area contributed by atoms with Crippen LogP contribution in [0.1, 0.15) is 31.1 Å². The van der Waals surface area contributed by atoms with Gasteiger partial charge in [0.25, 0.3) is 11.8 Å². The largest absolute Gasteiger partial charge is 0.493 e. The number of hydrogen-bond donors (Lipinski definition) is 2. The lowest BCUT2D eigenvalue weighted by molar-refractivity contribution is -0.137. The predicted molar refractivity (Wildman–Crippen MR) is 122 cm³/mol. The number of aromatic amines is 1. The summed E-state index contributed by atoms with van der Waals surface area (Å²) in [7, 11) is 0. The highest BCUT2D eigenvalue weighted by Crippen LogP contribution is 2.31. The Hall–Kier alpha value is -4.34. The van der Waals surface area contributed by atoms with Crippen LogP contribution < -0.4 is 10.4 Å². The maximum absolute atomic E-state index is 12.9. The fourth-order valence-electron chi connectivity index (χ4n) is 4.12. The molecule has 10 nitrogen and oxygen atoms in total. The van der Waals surface area contributed by atoms with Crippen LogP contribution in [0.2, 0.25) is 0 Å². The van der Waals surface area contributed by atoms with E-state index in [9.17, 15) is 14.7 Å². The number of hydrogen-bond acceptors (Lipinski definition) is 7. The quantitative estimate of drug-likeness (QED) is 0.452. The van der Waals surface area contributed by atoms with Crippen molar-refractivity contribution in [3.05, 3.63) is 77.1 Å². The standard InChI is InChI=1S/C24H23N5O5/c30-20-14-25-24(32)29(20)17-8-6-7-16(13-17)23-26-22(27-34-23)19-11-4-5-12-28(19)21(31)15-33-18-9-2-1-3-10-18/h1-3,6-10,13-14,19,30H,4-5,11-12,15H2,(H,25,32). The van der Waals surface area contributed by atoms with E-state index in [0.29, 0.717) is 29.4 Å². The van der Waals surface area contributed by atoms with Gasteiger partial charge in [-0.3, -0.25) is 4.79 Å². The van der Waals surface area contributed by atoms with Crippen molar-refractivity contribution in [1.29, 1.82) is 0 Å². The van der Waals surface area contributed by atoms with Gasteiger partial charge in [-0.15, -0.1) is 0 Å². The Bertz CT molecular complexity index is 1340. The Morgan fingerprint density at radius 1 is 1.18 bits per heavy atom. The number of carbonyl (C=O) groups is 1. The van der Waals surface area contributed by atoms with E-state index in [0.717, 1.165) is 23.8 Å². The van der Waals surface area contributed by atoms with E-state index in [2.05, 4.69) is 15.1 Å². The smallest absolute Gasteiger partial charge is 0.333 e. The van der Waals surface area contributed by atoms with Crippen molar-refractivity contribution in [2.75, 3.05) is 13.2 Å². The van der Waals surface area contributed by atoms with Crippen LogP contribution in [-0.2, 0) is 4.79 Å². The number of carbonyl (C=O) groups excluding carboxylic acids is 1. The number of aromatic nitrogens is 4. The highest BCUT2D eigenvalue weighted by molar-refractivity contribution is 5.78. The molecule has 0 aliphatic carbocycles. The van der Waals surface area contributed by atoms with Gasteiger partial charge in [-0.2, -0.15) is 4.98 Å². The number of aromatic hydroxyl groups is 1. The lowest BCUT2D eigenvalue weighted by atomic mass is 10.0. The molecule has 2 N–H and O–H groups in total. The lowest BCUT2D eigenvalue weighted by Gasteiger charge is -2.33. The zero-order valence-electron chi connectivity index (χ0n) is 18.3. The number of ether oxygens (including phenoxy) is 1. The summed E-state index contributed by atoms with van der Waals surface area (Å²) >= 11 is 0. The van der Waals surface area contributed by atoms with Crippen LogP contribution in [0.4, 0.5) is 0 Å². The molecule has 1 unspecified atom stereocenters. The first kappa shape index (κ1) is 21.5. The number of likely N-dealkylation sites (tertiary alicyclic amines) is 1. The number of para-hydroxylation sites is 1. The summed E-state index contributed by atoms with van der Waals surface area (Å²) in [6, 6.07) is 15.8. The minimum atomic E-state index is -0.463. The van der Waals surface area contributed by atoms with Crippen LogP contribution in [0.5, 0.6) is 11.6 Å². The summed E-state index contributed by atoms with van der Waals surface area (Å²) < 4.78 is 12.3. The predicted octanol–water partition coefficient (Wildman–Crippen LogP) is 3.05. The normalized spacial score (nSPS) is 15.9. The molecule has 1 atom stereocenters. The third-order valence-corrected chi connectivity index (χ3v) is 5.78. The fraction of sp³-hybridized carbons (Fsp3) is 0.250. The molecule has 0 spiro atoms. The topological polar surface area (TPSA) is 126 Å². The van der Waals surface area contributed by atoms with Crippen molar-refractivity contribution in [2.24, 2.45) is 0 Å². The fourth-order valence-corrected chi connectivity index (χ4v) is 4.12. The Labute approximate surface area is 194 Å². The molecule has 0 saturated carbocycles. The average Bonchev–Trinajstić information content (AvgIpc) is 3.50. The van der Waals surface area contributed by atoms with E-state index in [-0.39, 0.29) is 30.3 Å². The summed E-state index contributed by atoms with van der Waals surface area (Å²) in [6.45, 7) is 0.527. The molecular weight excluding hydrogens is 438 g/mol. The van der Waals surface area contributed by atoms with Crippen molar-refractivity contribution in [1.82, 2.24) is 24.6 Å². The van der Waals surface area contributed by atoms with Gasteiger partial charge in [0.1, 0.15) is 5.75 Å². The number of benzene rings is 2. The first-order valence-corrected chi connectivity index (χ1v) is 11.0. The number of imidazole rings is 1. The number of nitrogens with zero attached hydrogens (tertiary/aromatic N) is 4. The Morgan fingerprint density at radius 3 is 2.82 bits per heavy atom. The molecule has 10 heteroatoms. The molecular formula is C24H23N5O5. The van der Waals surface area contributed by atoms with Crippen LogP contribution in [-0.4, -0.2) is 48.8 Å². The molecule has 2 aromatic carbocycles. The molecule has 1 aliphatic rings. The molecule has 0 bridgehead atoms. The number of H-pyrrole nitrogens is 1. The highest BCUT2D eigenvalue weighted by Gasteiger charge is 2.32. The number of rotatable bonds is 6. The van der Waals surface area contributed by atoms with Gasteiger partial charge in [0.05, 0.1) is 17.9 Å². The van der Waals surface area contributed by atoms with Gasteiger partial charge in [-0.1, -0.05) is 29.4 Å². The van der Waals surface area contributed by atoms with Crippen LogP contribution in [0, 0.1) is 0 Å². The molecule has 4 aromatic rings. The number of amides is 1. The van der Waals surface area contributed by atoms with Crippen molar-refractivity contribution in [2.45, 2.75) is 25.3 Å². The Kier molecular flexibility index (Phi) is 5.86. The summed E-state index contributed by atoms with van der Waals surface area (Å²) in [5.74, 6) is 0.985. The second kappa shape index (κ2) is 9.26. The number of piperidine rings is 1. The lowest BCUT2D eigenvalue weighted by Crippen LogP contribution is -2.41. The van der Waals surface area contributed by atoms with Crippen molar-refractivity contribution < 1.29 is 19.2 Å². The average molecular weight is 461 g/mol. The third kappa shape index (κ3) is 4.29. The van der Waals surface area contributed by atoms with E-state index in [1.54, 1.807) is 29.2 Å². The molecule has 3 heterocycles. The van der Waals surface area contributed by atoms with Gasteiger partial charge in [0.15, 0.2) is 12.4 Å². The van der Waals surface area contributed by atoms with E-state index >= 15 is 0 Å². The molecule has 1 fully saturated rings. The van der Waals surface area contributed by atoms with Crippen LogP contribution in [0.25, 0.3) is 17.1 Å². The van der Waals surface area contributed by atoms with E-state index in [1.807, 2.05) is 30.3 Å². The highest BCUT2D eigenvalue weighted by atomic mass is 16.5. The summed E-state index contributed by atoms with van der Waals surface area (Å²) in [5.41, 5.74) is 0.577. The summed E-state index contributed by atoms with van der Waals surface area (Å²) in [5, 5.41) is 14.1. The third-order valence-electron chi connectivity index (χ3n) is 5.78. The summed E-state index contributed by atoms with van der Waals surface area (Å²) in [6.07, 6.45) is 3.79. The number of nitrogens with one attached hydrogen (secondary N) is 1. The van der Waals surface area contributed by atoms with Crippen molar-refractivity contribution in [3.8, 4) is 28.8 Å². The van der Waals surface area contributed by atoms with Gasteiger partial charge in [0.2, 0.25) is 5.88 Å². The maximum Gasteiger partial charge on any atom is 0.333 e. The first-order chi connectivity index (χ1) is 16.6. The second-order valence-electron chi connectivity index (χ2n) is 8.00. The molecule has 5 rings (SSSR count). The first-order valence-electron chi connectivity index (χ1n) is 11.0. The SMILES string of the molecule is O=C(COc1ccccc1)N1CCCCC1c1noc(-c2cccc(-n3c(O)c[nH]c3=O)c2)n1. The van der Waals surface area contributed by atoms with Gasteiger partial charge >= 0.3 is 5.69 Å². The Balaban J connectivity index is 1.35. The van der Waals surface area contributed by atoms with Crippen molar-refractivity contribution >= 4 is 5.91 Å². The minimum Gasteiger partial charge on any atom is -0.493 e.